The number of rotatable bonds is 11. The second-order valence-corrected chi connectivity index (χ2v) is 8.31. The first-order valence-corrected chi connectivity index (χ1v) is 11.2. The van der Waals surface area contributed by atoms with Gasteiger partial charge in [-0.05, 0) is 28.8 Å². The van der Waals surface area contributed by atoms with Crippen LogP contribution < -0.4 is 0 Å². The van der Waals surface area contributed by atoms with Gasteiger partial charge in [-0.3, -0.25) is 4.90 Å². The molecular formula is C27H29FN2O3. The standard InChI is InChI=1S/C27H29FN2O3/c28-24-13-7-10-22(14-24)16-30(17-25(31)20-32-19-21-8-3-1-4-9-21)18-26-15-27(29-33-26)23-11-5-2-6-12-23/h1-14,25-26,31H,15-20H2. The molecule has 0 saturated heterocycles. The number of halogens is 1. The first-order valence-electron chi connectivity index (χ1n) is 11.2. The van der Waals surface area contributed by atoms with E-state index >= 15 is 0 Å². The van der Waals surface area contributed by atoms with E-state index in [0.717, 1.165) is 22.4 Å². The van der Waals surface area contributed by atoms with Gasteiger partial charge in [0.05, 0.1) is 25.0 Å². The second kappa shape index (κ2) is 11.7. The van der Waals surface area contributed by atoms with Crippen molar-refractivity contribution in [2.24, 2.45) is 5.16 Å². The Hall–Kier alpha value is -3.06. The smallest absolute Gasteiger partial charge is 0.145 e. The van der Waals surface area contributed by atoms with Crippen LogP contribution in [0.2, 0.25) is 0 Å². The second-order valence-electron chi connectivity index (χ2n) is 8.31. The Balaban J connectivity index is 1.34. The lowest BCUT2D eigenvalue weighted by molar-refractivity contribution is -0.00650. The van der Waals surface area contributed by atoms with Gasteiger partial charge in [0.25, 0.3) is 0 Å². The Morgan fingerprint density at radius 1 is 1.00 bits per heavy atom. The first kappa shape index (κ1) is 23.1. The highest BCUT2D eigenvalue weighted by Gasteiger charge is 2.25. The van der Waals surface area contributed by atoms with Crippen LogP contribution in [-0.2, 0) is 22.7 Å². The van der Waals surface area contributed by atoms with Crippen LogP contribution in [0.1, 0.15) is 23.1 Å². The summed E-state index contributed by atoms with van der Waals surface area (Å²) in [4.78, 5) is 7.76. The molecule has 0 bridgehead atoms. The van der Waals surface area contributed by atoms with Gasteiger partial charge in [-0.15, -0.1) is 0 Å². The van der Waals surface area contributed by atoms with Crippen LogP contribution in [0.3, 0.4) is 0 Å². The summed E-state index contributed by atoms with van der Waals surface area (Å²) < 4.78 is 19.4. The predicted molar refractivity (Wildman–Crippen MR) is 126 cm³/mol. The molecule has 3 aromatic rings. The van der Waals surface area contributed by atoms with Crippen LogP contribution >= 0.6 is 0 Å². The topological polar surface area (TPSA) is 54.3 Å². The van der Waals surface area contributed by atoms with Gasteiger partial charge in [-0.1, -0.05) is 78.0 Å². The zero-order chi connectivity index (χ0) is 22.9. The van der Waals surface area contributed by atoms with E-state index < -0.39 is 6.10 Å². The van der Waals surface area contributed by atoms with Crippen LogP contribution in [-0.4, -0.2) is 47.6 Å². The molecule has 33 heavy (non-hydrogen) atoms. The highest BCUT2D eigenvalue weighted by molar-refractivity contribution is 6.01. The summed E-state index contributed by atoms with van der Waals surface area (Å²) in [7, 11) is 0. The molecule has 1 aliphatic rings. The molecule has 4 rings (SSSR count). The molecule has 1 aliphatic heterocycles. The fraction of sp³-hybridized carbons (Fsp3) is 0.296. The van der Waals surface area contributed by atoms with E-state index in [0.29, 0.717) is 32.7 Å². The van der Waals surface area contributed by atoms with Crippen LogP contribution in [0, 0.1) is 5.82 Å². The van der Waals surface area contributed by atoms with Crippen LogP contribution in [0.5, 0.6) is 0 Å². The number of oxime groups is 1. The molecule has 0 spiro atoms. The Bertz CT molecular complexity index is 1030. The lowest BCUT2D eigenvalue weighted by Gasteiger charge is -2.27. The molecular weight excluding hydrogens is 419 g/mol. The van der Waals surface area contributed by atoms with E-state index in [2.05, 4.69) is 10.1 Å². The number of hydrogen-bond acceptors (Lipinski definition) is 5. The van der Waals surface area contributed by atoms with Crippen molar-refractivity contribution in [1.82, 2.24) is 4.90 Å². The summed E-state index contributed by atoms with van der Waals surface area (Å²) in [5.41, 5.74) is 3.87. The average Bonchev–Trinajstić information content (AvgIpc) is 3.29. The maximum atomic E-state index is 13.7. The van der Waals surface area contributed by atoms with Gasteiger partial charge in [0.15, 0.2) is 0 Å². The fourth-order valence-electron chi connectivity index (χ4n) is 3.95. The molecule has 0 radical (unpaired) electrons. The fourth-order valence-corrected chi connectivity index (χ4v) is 3.95. The summed E-state index contributed by atoms with van der Waals surface area (Å²) in [5, 5.41) is 14.9. The zero-order valence-corrected chi connectivity index (χ0v) is 18.5. The number of hydrogen-bond donors (Lipinski definition) is 1. The molecule has 0 aromatic heterocycles. The molecule has 2 atom stereocenters. The van der Waals surface area contributed by atoms with Crippen molar-refractivity contribution in [3.63, 3.8) is 0 Å². The summed E-state index contributed by atoms with van der Waals surface area (Å²) in [6.45, 7) is 2.10. The molecule has 3 aromatic carbocycles. The van der Waals surface area contributed by atoms with E-state index in [1.165, 1.54) is 12.1 Å². The number of nitrogens with zero attached hydrogens (tertiary/aromatic N) is 2. The predicted octanol–water partition coefficient (Wildman–Crippen LogP) is 4.40. The minimum atomic E-state index is -0.682. The molecule has 1 N–H and O–H groups in total. The molecule has 1 heterocycles. The van der Waals surface area contributed by atoms with Crippen LogP contribution in [0.25, 0.3) is 0 Å². The lowest BCUT2D eigenvalue weighted by Crippen LogP contribution is -2.39. The van der Waals surface area contributed by atoms with Gasteiger partial charge in [-0.25, -0.2) is 4.39 Å². The summed E-state index contributed by atoms with van der Waals surface area (Å²) >= 11 is 0. The third-order valence-electron chi connectivity index (χ3n) is 5.49. The SMILES string of the molecule is OC(COCc1ccccc1)CN(Cc1cccc(F)c1)CC1CC(c2ccccc2)=NO1. The van der Waals surface area contributed by atoms with E-state index in [9.17, 15) is 9.50 Å². The highest BCUT2D eigenvalue weighted by atomic mass is 19.1. The van der Waals surface area contributed by atoms with Gasteiger partial charge in [0.1, 0.15) is 11.9 Å². The van der Waals surface area contributed by atoms with Gasteiger partial charge in [-0.2, -0.15) is 0 Å². The molecule has 172 valence electrons. The van der Waals surface area contributed by atoms with Gasteiger partial charge >= 0.3 is 0 Å². The Labute approximate surface area is 194 Å². The summed E-state index contributed by atoms with van der Waals surface area (Å²) in [6, 6.07) is 26.4. The zero-order valence-electron chi connectivity index (χ0n) is 18.5. The summed E-state index contributed by atoms with van der Waals surface area (Å²) in [6.07, 6.45) is -0.131. The molecule has 0 aliphatic carbocycles. The number of aliphatic hydroxyl groups excluding tert-OH is 1. The highest BCUT2D eigenvalue weighted by Crippen LogP contribution is 2.19. The van der Waals surface area contributed by atoms with E-state index in [-0.39, 0.29) is 18.5 Å². The van der Waals surface area contributed by atoms with Crippen molar-refractivity contribution in [2.45, 2.75) is 31.8 Å². The Kier molecular flexibility index (Phi) is 8.19. The van der Waals surface area contributed by atoms with Gasteiger partial charge in [0.2, 0.25) is 0 Å². The maximum Gasteiger partial charge on any atom is 0.145 e. The summed E-state index contributed by atoms with van der Waals surface area (Å²) in [5.74, 6) is -0.272. The Morgan fingerprint density at radius 2 is 1.73 bits per heavy atom. The van der Waals surface area contributed by atoms with Crippen molar-refractivity contribution in [3.05, 3.63) is 107 Å². The Morgan fingerprint density at radius 3 is 2.48 bits per heavy atom. The monoisotopic (exact) mass is 448 g/mol. The number of aliphatic hydroxyl groups is 1. The van der Waals surface area contributed by atoms with Crippen molar-refractivity contribution in [2.75, 3.05) is 19.7 Å². The maximum absolute atomic E-state index is 13.7. The van der Waals surface area contributed by atoms with Crippen LogP contribution in [0.4, 0.5) is 4.39 Å². The van der Waals surface area contributed by atoms with E-state index in [4.69, 9.17) is 9.57 Å². The van der Waals surface area contributed by atoms with Crippen molar-refractivity contribution in [1.29, 1.82) is 0 Å². The lowest BCUT2D eigenvalue weighted by atomic mass is 10.0. The largest absolute Gasteiger partial charge is 0.390 e. The van der Waals surface area contributed by atoms with Gasteiger partial charge < -0.3 is 14.7 Å². The molecule has 0 fully saturated rings. The van der Waals surface area contributed by atoms with E-state index in [1.54, 1.807) is 6.07 Å². The molecule has 0 amide bonds. The van der Waals surface area contributed by atoms with Gasteiger partial charge in [0, 0.05) is 26.1 Å². The molecule has 0 saturated carbocycles. The van der Waals surface area contributed by atoms with Crippen molar-refractivity contribution < 1.29 is 19.1 Å². The first-order chi connectivity index (χ1) is 16.2. The number of ether oxygens (including phenoxy) is 1. The van der Waals surface area contributed by atoms with Crippen LogP contribution in [0.15, 0.2) is 90.1 Å². The molecule has 5 nitrogen and oxygen atoms in total. The molecule has 2 unspecified atom stereocenters. The quantitative estimate of drug-likeness (QED) is 0.473. The number of benzene rings is 3. The van der Waals surface area contributed by atoms with Crippen molar-refractivity contribution in [3.8, 4) is 0 Å². The average molecular weight is 449 g/mol. The van der Waals surface area contributed by atoms with Crippen molar-refractivity contribution >= 4 is 5.71 Å². The molecule has 6 heteroatoms. The third-order valence-corrected chi connectivity index (χ3v) is 5.49. The minimum Gasteiger partial charge on any atom is -0.390 e. The normalized spacial score (nSPS) is 16.5. The van der Waals surface area contributed by atoms with E-state index in [1.807, 2.05) is 66.7 Å². The third kappa shape index (κ3) is 7.22. The minimum absolute atomic E-state index is 0.133.